The molecule has 1 aromatic carbocycles. The van der Waals surface area contributed by atoms with Gasteiger partial charge in [0.2, 0.25) is 0 Å². The van der Waals surface area contributed by atoms with Crippen molar-refractivity contribution < 1.29 is 0 Å². The number of hydrogen-bond acceptors (Lipinski definition) is 2. The summed E-state index contributed by atoms with van der Waals surface area (Å²) in [5, 5.41) is 3.63. The molecule has 0 amide bonds. The van der Waals surface area contributed by atoms with Crippen LogP contribution < -0.4 is 5.32 Å². The maximum Gasteiger partial charge on any atom is 0.0236 e. The minimum absolute atomic E-state index is 0.619. The molecular weight excluding hydrogens is 256 g/mol. The molecule has 2 nitrogen and oxygen atoms in total. The van der Waals surface area contributed by atoms with Crippen LogP contribution in [0.2, 0.25) is 0 Å². The Kier molecular flexibility index (Phi) is 4.97. The molecule has 0 aromatic heterocycles. The highest BCUT2D eigenvalue weighted by Gasteiger charge is 2.21. The zero-order valence-corrected chi connectivity index (χ0v) is 13.6. The van der Waals surface area contributed by atoms with E-state index in [1.165, 1.54) is 49.8 Å². The second kappa shape index (κ2) is 6.93. The average Bonchev–Trinajstić information content (AvgIpc) is 3.32. The van der Waals surface area contributed by atoms with Crippen molar-refractivity contribution >= 4 is 0 Å². The molecule has 3 rings (SSSR count). The maximum absolute atomic E-state index is 3.63. The van der Waals surface area contributed by atoms with Crippen molar-refractivity contribution in [3.63, 3.8) is 0 Å². The van der Waals surface area contributed by atoms with Gasteiger partial charge in [-0.3, -0.25) is 4.90 Å². The fraction of sp³-hybridized carbons (Fsp3) is 0.684. The Balaban J connectivity index is 1.52. The zero-order valence-electron chi connectivity index (χ0n) is 13.6. The van der Waals surface area contributed by atoms with Crippen LogP contribution >= 0.6 is 0 Å². The standard InChI is InChI=1S/C19H30N2/c1-15(13-20-19-10-11-19)18-8-6-17(7-9-18)14-21-12-4-3-5-16(21)2/h6-9,15-16,19-20H,3-5,10-14H2,1-2H3. The highest BCUT2D eigenvalue weighted by molar-refractivity contribution is 5.25. The molecule has 116 valence electrons. The smallest absolute Gasteiger partial charge is 0.0236 e. The van der Waals surface area contributed by atoms with Crippen LogP contribution in [0, 0.1) is 0 Å². The van der Waals surface area contributed by atoms with Crippen molar-refractivity contribution in [3.8, 4) is 0 Å². The Bertz CT molecular complexity index is 435. The van der Waals surface area contributed by atoms with Gasteiger partial charge in [0.1, 0.15) is 0 Å². The van der Waals surface area contributed by atoms with Gasteiger partial charge in [0, 0.05) is 25.2 Å². The lowest BCUT2D eigenvalue weighted by Crippen LogP contribution is -2.36. The highest BCUT2D eigenvalue weighted by Crippen LogP contribution is 2.23. The van der Waals surface area contributed by atoms with Crippen LogP contribution in [0.5, 0.6) is 0 Å². The summed E-state index contributed by atoms with van der Waals surface area (Å²) in [6.45, 7) is 8.21. The fourth-order valence-corrected chi connectivity index (χ4v) is 3.33. The normalized spacial score (nSPS) is 25.0. The van der Waals surface area contributed by atoms with Crippen LogP contribution in [0.15, 0.2) is 24.3 Å². The molecule has 0 bridgehead atoms. The van der Waals surface area contributed by atoms with Crippen LogP contribution in [-0.2, 0) is 6.54 Å². The lowest BCUT2D eigenvalue weighted by molar-refractivity contribution is 0.152. The van der Waals surface area contributed by atoms with Crippen molar-refractivity contribution in [1.82, 2.24) is 10.2 Å². The van der Waals surface area contributed by atoms with E-state index in [0.717, 1.165) is 25.2 Å². The summed E-state index contributed by atoms with van der Waals surface area (Å²) in [6, 6.07) is 10.9. The molecular formula is C19H30N2. The topological polar surface area (TPSA) is 15.3 Å². The van der Waals surface area contributed by atoms with Crippen LogP contribution in [0.25, 0.3) is 0 Å². The minimum Gasteiger partial charge on any atom is -0.313 e. The summed E-state index contributed by atoms with van der Waals surface area (Å²) in [7, 11) is 0. The number of rotatable bonds is 6. The van der Waals surface area contributed by atoms with Crippen molar-refractivity contribution in [2.45, 2.75) is 70.5 Å². The molecule has 1 aliphatic carbocycles. The molecule has 2 aliphatic rings. The van der Waals surface area contributed by atoms with Crippen LogP contribution in [0.1, 0.15) is 63.0 Å². The van der Waals surface area contributed by atoms with E-state index in [2.05, 4.69) is 48.3 Å². The maximum atomic E-state index is 3.63. The van der Waals surface area contributed by atoms with Crippen LogP contribution in [0.3, 0.4) is 0 Å². The third-order valence-corrected chi connectivity index (χ3v) is 5.17. The molecule has 2 unspecified atom stereocenters. The SMILES string of the molecule is CC(CNC1CC1)c1ccc(CN2CCCCC2C)cc1. The number of likely N-dealkylation sites (tertiary alicyclic amines) is 1. The quantitative estimate of drug-likeness (QED) is 0.853. The summed E-state index contributed by atoms with van der Waals surface area (Å²) < 4.78 is 0. The number of nitrogens with one attached hydrogen (secondary N) is 1. The largest absolute Gasteiger partial charge is 0.313 e. The lowest BCUT2D eigenvalue weighted by atomic mass is 9.98. The minimum atomic E-state index is 0.619. The summed E-state index contributed by atoms with van der Waals surface area (Å²) in [5.74, 6) is 0.619. The Morgan fingerprint density at radius 3 is 2.57 bits per heavy atom. The van der Waals surface area contributed by atoms with E-state index in [-0.39, 0.29) is 0 Å². The molecule has 1 saturated carbocycles. The van der Waals surface area contributed by atoms with Gasteiger partial charge in [0.25, 0.3) is 0 Å². The average molecular weight is 286 g/mol. The number of piperidine rings is 1. The van der Waals surface area contributed by atoms with Gasteiger partial charge < -0.3 is 5.32 Å². The van der Waals surface area contributed by atoms with Gasteiger partial charge in [-0.2, -0.15) is 0 Å². The lowest BCUT2D eigenvalue weighted by Gasteiger charge is -2.33. The van der Waals surface area contributed by atoms with E-state index in [1.54, 1.807) is 0 Å². The second-order valence-electron chi connectivity index (χ2n) is 7.14. The molecule has 1 saturated heterocycles. The molecule has 1 N–H and O–H groups in total. The molecule has 1 aromatic rings. The highest BCUT2D eigenvalue weighted by atomic mass is 15.2. The first kappa shape index (κ1) is 15.1. The van der Waals surface area contributed by atoms with E-state index in [9.17, 15) is 0 Å². The van der Waals surface area contributed by atoms with Crippen LogP contribution in [0.4, 0.5) is 0 Å². The molecule has 2 atom stereocenters. The van der Waals surface area contributed by atoms with Gasteiger partial charge in [-0.15, -0.1) is 0 Å². The van der Waals surface area contributed by atoms with Gasteiger partial charge in [-0.05, 0) is 56.2 Å². The molecule has 0 spiro atoms. The van der Waals surface area contributed by atoms with E-state index in [4.69, 9.17) is 0 Å². The Hall–Kier alpha value is -0.860. The Morgan fingerprint density at radius 2 is 1.90 bits per heavy atom. The molecule has 1 aliphatic heterocycles. The monoisotopic (exact) mass is 286 g/mol. The summed E-state index contributed by atoms with van der Waals surface area (Å²) in [6.07, 6.45) is 6.88. The van der Waals surface area contributed by atoms with Gasteiger partial charge in [-0.1, -0.05) is 37.6 Å². The van der Waals surface area contributed by atoms with Crippen molar-refractivity contribution in [3.05, 3.63) is 35.4 Å². The second-order valence-corrected chi connectivity index (χ2v) is 7.14. The van der Waals surface area contributed by atoms with Crippen molar-refractivity contribution in [2.75, 3.05) is 13.1 Å². The number of benzene rings is 1. The predicted octanol–water partition coefficient (Wildman–Crippen LogP) is 3.92. The third kappa shape index (κ3) is 4.31. The van der Waals surface area contributed by atoms with Crippen LogP contribution in [-0.4, -0.2) is 30.1 Å². The van der Waals surface area contributed by atoms with Gasteiger partial charge in [0.15, 0.2) is 0 Å². The Morgan fingerprint density at radius 1 is 1.14 bits per heavy atom. The first-order chi connectivity index (χ1) is 10.2. The van der Waals surface area contributed by atoms with Gasteiger partial charge in [0.05, 0.1) is 0 Å². The summed E-state index contributed by atoms with van der Waals surface area (Å²) >= 11 is 0. The third-order valence-electron chi connectivity index (χ3n) is 5.17. The number of nitrogens with zero attached hydrogens (tertiary/aromatic N) is 1. The van der Waals surface area contributed by atoms with Crippen molar-refractivity contribution in [2.24, 2.45) is 0 Å². The van der Waals surface area contributed by atoms with E-state index < -0.39 is 0 Å². The van der Waals surface area contributed by atoms with E-state index >= 15 is 0 Å². The molecule has 1 heterocycles. The first-order valence-electron chi connectivity index (χ1n) is 8.78. The fourth-order valence-electron chi connectivity index (χ4n) is 3.33. The first-order valence-corrected chi connectivity index (χ1v) is 8.78. The van der Waals surface area contributed by atoms with Crippen molar-refractivity contribution in [1.29, 1.82) is 0 Å². The predicted molar refractivity (Wildman–Crippen MR) is 89.6 cm³/mol. The van der Waals surface area contributed by atoms with Gasteiger partial charge >= 0.3 is 0 Å². The summed E-state index contributed by atoms with van der Waals surface area (Å²) in [5.41, 5.74) is 2.94. The summed E-state index contributed by atoms with van der Waals surface area (Å²) in [4.78, 5) is 2.64. The van der Waals surface area contributed by atoms with E-state index in [1.807, 2.05) is 0 Å². The molecule has 0 radical (unpaired) electrons. The number of hydrogen-bond donors (Lipinski definition) is 1. The molecule has 2 heteroatoms. The Labute approximate surface area is 129 Å². The zero-order chi connectivity index (χ0) is 14.7. The van der Waals surface area contributed by atoms with Gasteiger partial charge in [-0.25, -0.2) is 0 Å². The molecule has 21 heavy (non-hydrogen) atoms. The van der Waals surface area contributed by atoms with E-state index in [0.29, 0.717) is 5.92 Å². The molecule has 2 fully saturated rings.